The van der Waals surface area contributed by atoms with Gasteiger partial charge in [0.2, 0.25) is 0 Å². The summed E-state index contributed by atoms with van der Waals surface area (Å²) < 4.78 is 11.4. The normalized spacial score (nSPS) is 14.8. The van der Waals surface area contributed by atoms with Crippen molar-refractivity contribution in [1.29, 1.82) is 0 Å². The molecule has 1 saturated heterocycles. The molecule has 0 atom stereocenters. The molecule has 1 fully saturated rings. The number of halogens is 1. The van der Waals surface area contributed by atoms with E-state index in [9.17, 15) is 4.79 Å². The third-order valence-corrected chi connectivity index (χ3v) is 5.48. The lowest BCUT2D eigenvalue weighted by Gasteiger charge is -2.25. The van der Waals surface area contributed by atoms with Crippen molar-refractivity contribution >= 4 is 23.6 Å². The first kappa shape index (κ1) is 22.3. The second kappa shape index (κ2) is 11.1. The highest BCUT2D eigenvalue weighted by atomic mass is 35.5. The van der Waals surface area contributed by atoms with Gasteiger partial charge in [0.1, 0.15) is 6.61 Å². The second-order valence-electron chi connectivity index (χ2n) is 7.52. The average molecular weight is 429 g/mol. The maximum atomic E-state index is 11.6. The van der Waals surface area contributed by atoms with Crippen molar-refractivity contribution in [2.75, 3.05) is 33.3 Å². The first-order chi connectivity index (χ1) is 14.6. The van der Waals surface area contributed by atoms with Crippen molar-refractivity contribution in [1.82, 2.24) is 4.90 Å². The topological polar surface area (TPSA) is 51.1 Å². The lowest BCUT2D eigenvalue weighted by atomic mass is 10.1. The Balaban J connectivity index is 1.62. The number of hydrogen-bond donors (Lipinski definition) is 0. The van der Waals surface area contributed by atoms with Gasteiger partial charge in [0.15, 0.2) is 17.3 Å². The Hall–Kier alpha value is -2.37. The summed E-state index contributed by atoms with van der Waals surface area (Å²) in [6, 6.07) is 11.1. The molecule has 0 N–H and O–H groups in total. The van der Waals surface area contributed by atoms with Crippen LogP contribution in [0.2, 0.25) is 5.02 Å². The van der Waals surface area contributed by atoms with Crippen LogP contribution in [-0.2, 0) is 6.61 Å². The molecule has 0 amide bonds. The number of methoxy groups -OCH3 is 1. The van der Waals surface area contributed by atoms with E-state index in [1.165, 1.54) is 32.4 Å². The van der Waals surface area contributed by atoms with Crippen LogP contribution < -0.4 is 9.47 Å². The van der Waals surface area contributed by atoms with Crippen molar-refractivity contribution in [3.05, 3.63) is 58.1 Å². The highest BCUT2D eigenvalue weighted by Gasteiger charge is 2.13. The van der Waals surface area contributed by atoms with Gasteiger partial charge in [-0.1, -0.05) is 36.2 Å². The van der Waals surface area contributed by atoms with Gasteiger partial charge in [-0.25, -0.2) is 0 Å². The van der Waals surface area contributed by atoms with E-state index in [4.69, 9.17) is 21.1 Å². The van der Waals surface area contributed by atoms with Crippen LogP contribution in [0.4, 0.5) is 0 Å². The highest BCUT2D eigenvalue weighted by Crippen LogP contribution is 2.36. The van der Waals surface area contributed by atoms with Crippen LogP contribution in [0.15, 0.2) is 41.4 Å². The lowest BCUT2D eigenvalue weighted by molar-refractivity contribution is 0.101. The van der Waals surface area contributed by atoms with E-state index in [1.807, 2.05) is 36.5 Å². The molecule has 1 heterocycles. The van der Waals surface area contributed by atoms with Gasteiger partial charge < -0.3 is 14.4 Å². The Morgan fingerprint density at radius 3 is 2.73 bits per heavy atom. The van der Waals surface area contributed by atoms with E-state index in [1.54, 1.807) is 20.1 Å². The minimum atomic E-state index is 0.0244. The van der Waals surface area contributed by atoms with Gasteiger partial charge in [0.25, 0.3) is 0 Å². The monoisotopic (exact) mass is 428 g/mol. The van der Waals surface area contributed by atoms with Gasteiger partial charge in [0.05, 0.1) is 18.7 Å². The van der Waals surface area contributed by atoms with E-state index in [2.05, 4.69) is 9.89 Å². The maximum absolute atomic E-state index is 11.6. The molecule has 0 aromatic heterocycles. The van der Waals surface area contributed by atoms with Crippen molar-refractivity contribution in [2.24, 2.45) is 4.99 Å². The molecule has 1 aliphatic heterocycles. The number of carbonyl (C=O) groups is 1. The molecule has 1 aliphatic rings. The predicted molar refractivity (Wildman–Crippen MR) is 122 cm³/mol. The van der Waals surface area contributed by atoms with Crippen molar-refractivity contribution in [2.45, 2.75) is 32.8 Å². The van der Waals surface area contributed by atoms with Gasteiger partial charge in [-0.3, -0.25) is 9.79 Å². The minimum Gasteiger partial charge on any atom is -0.493 e. The number of rotatable bonds is 9. The molecule has 6 heteroatoms. The largest absolute Gasteiger partial charge is 0.493 e. The highest BCUT2D eigenvalue weighted by molar-refractivity contribution is 6.32. The molecule has 0 unspecified atom stereocenters. The Bertz CT molecular complexity index is 892. The quantitative estimate of drug-likeness (QED) is 0.415. The minimum absolute atomic E-state index is 0.0244. The first-order valence-electron chi connectivity index (χ1n) is 10.4. The molecule has 160 valence electrons. The summed E-state index contributed by atoms with van der Waals surface area (Å²) in [6.45, 7) is 5.95. The summed E-state index contributed by atoms with van der Waals surface area (Å²) in [5, 5.41) is 0.467. The van der Waals surface area contributed by atoms with Crippen LogP contribution in [-0.4, -0.2) is 50.2 Å². The molecule has 5 nitrogen and oxygen atoms in total. The molecule has 2 aromatic carbocycles. The molecule has 0 radical (unpaired) electrons. The number of piperidine rings is 1. The summed E-state index contributed by atoms with van der Waals surface area (Å²) in [6.07, 6.45) is 5.75. The standard InChI is InChI=1S/C24H29ClN2O3/c1-18(28)21-8-6-7-19(13-21)17-30-24-22(25)14-20(15-23(24)29-2)16-26-9-12-27-10-4-3-5-11-27/h6-8,13-16H,3-5,9-12,17H2,1-2H3. The molecule has 0 bridgehead atoms. The number of ether oxygens (including phenoxy) is 2. The maximum Gasteiger partial charge on any atom is 0.180 e. The van der Waals surface area contributed by atoms with Gasteiger partial charge in [-0.2, -0.15) is 0 Å². The number of likely N-dealkylation sites (tertiary alicyclic amines) is 1. The second-order valence-corrected chi connectivity index (χ2v) is 7.92. The third kappa shape index (κ3) is 6.31. The zero-order chi connectivity index (χ0) is 21.3. The lowest BCUT2D eigenvalue weighted by Crippen LogP contribution is -2.31. The molecule has 30 heavy (non-hydrogen) atoms. The fourth-order valence-electron chi connectivity index (χ4n) is 3.54. The Morgan fingerprint density at radius 2 is 2.00 bits per heavy atom. The fraction of sp³-hybridized carbons (Fsp3) is 0.417. The van der Waals surface area contributed by atoms with Gasteiger partial charge in [0, 0.05) is 18.3 Å². The van der Waals surface area contributed by atoms with E-state index in [0.717, 1.165) is 24.2 Å². The Labute approximate surface area is 183 Å². The molecular weight excluding hydrogens is 400 g/mol. The molecule has 0 aliphatic carbocycles. The smallest absolute Gasteiger partial charge is 0.180 e. The van der Waals surface area contributed by atoms with Crippen molar-refractivity contribution in [3.63, 3.8) is 0 Å². The van der Waals surface area contributed by atoms with E-state index >= 15 is 0 Å². The first-order valence-corrected chi connectivity index (χ1v) is 10.8. The fourth-order valence-corrected chi connectivity index (χ4v) is 3.82. The number of benzene rings is 2. The molecular formula is C24H29ClN2O3. The molecule has 3 rings (SSSR count). The summed E-state index contributed by atoms with van der Waals surface area (Å²) in [4.78, 5) is 18.6. The SMILES string of the molecule is COc1cc(C=NCCN2CCCCC2)cc(Cl)c1OCc1cccc(C(C)=O)c1. The van der Waals surface area contributed by atoms with Crippen LogP contribution in [0, 0.1) is 0 Å². The summed E-state index contributed by atoms with van der Waals surface area (Å²) in [5.41, 5.74) is 2.43. The molecule has 0 saturated carbocycles. The number of aliphatic imine (C=N–C) groups is 1. The number of Topliss-reactive ketones (excluding diaryl/α,β-unsaturated/α-hetero) is 1. The Kier molecular flexibility index (Phi) is 8.29. The van der Waals surface area contributed by atoms with Gasteiger partial charge in [-0.05, 0) is 62.2 Å². The number of hydrogen-bond acceptors (Lipinski definition) is 5. The predicted octanol–water partition coefficient (Wildman–Crippen LogP) is 5.04. The van der Waals surface area contributed by atoms with E-state index < -0.39 is 0 Å². The van der Waals surface area contributed by atoms with Crippen LogP contribution in [0.5, 0.6) is 11.5 Å². The Morgan fingerprint density at radius 1 is 1.20 bits per heavy atom. The van der Waals surface area contributed by atoms with E-state index in [-0.39, 0.29) is 5.78 Å². The third-order valence-electron chi connectivity index (χ3n) is 5.20. The zero-order valence-corrected chi connectivity index (χ0v) is 18.5. The van der Waals surface area contributed by atoms with Crippen LogP contribution >= 0.6 is 11.6 Å². The average Bonchev–Trinajstić information content (AvgIpc) is 2.76. The van der Waals surface area contributed by atoms with Crippen LogP contribution in [0.1, 0.15) is 47.7 Å². The van der Waals surface area contributed by atoms with Crippen LogP contribution in [0.25, 0.3) is 0 Å². The summed E-state index contributed by atoms with van der Waals surface area (Å²) in [5.74, 6) is 1.07. The number of carbonyl (C=O) groups excluding carboxylic acids is 1. The number of nitrogens with zero attached hydrogens (tertiary/aromatic N) is 2. The van der Waals surface area contributed by atoms with Gasteiger partial charge >= 0.3 is 0 Å². The zero-order valence-electron chi connectivity index (χ0n) is 17.7. The number of ketones is 1. The van der Waals surface area contributed by atoms with E-state index in [0.29, 0.717) is 28.7 Å². The molecule has 0 spiro atoms. The summed E-state index contributed by atoms with van der Waals surface area (Å²) >= 11 is 6.47. The summed E-state index contributed by atoms with van der Waals surface area (Å²) in [7, 11) is 1.59. The van der Waals surface area contributed by atoms with Crippen molar-refractivity contribution in [3.8, 4) is 11.5 Å². The van der Waals surface area contributed by atoms with Gasteiger partial charge in [-0.15, -0.1) is 0 Å². The van der Waals surface area contributed by atoms with Crippen molar-refractivity contribution < 1.29 is 14.3 Å². The molecule has 2 aromatic rings. The van der Waals surface area contributed by atoms with Crippen LogP contribution in [0.3, 0.4) is 0 Å².